The van der Waals surface area contributed by atoms with Crippen molar-refractivity contribution < 1.29 is 14.3 Å². The van der Waals surface area contributed by atoms with Crippen molar-refractivity contribution in [2.24, 2.45) is 0 Å². The number of hydrazine groups is 1. The molecule has 0 aliphatic carbocycles. The molecule has 0 aliphatic heterocycles. The van der Waals surface area contributed by atoms with E-state index in [2.05, 4.69) is 39.9 Å². The third kappa shape index (κ3) is 5.71. The zero-order valence-electron chi connectivity index (χ0n) is 14.6. The maximum Gasteiger partial charge on any atom is 0.317 e. The second-order valence-corrected chi connectivity index (χ2v) is 7.60. The van der Waals surface area contributed by atoms with Crippen LogP contribution in [0.15, 0.2) is 24.3 Å². The summed E-state index contributed by atoms with van der Waals surface area (Å²) < 4.78 is 5.29. The highest BCUT2D eigenvalue weighted by Crippen LogP contribution is 2.18. The predicted octanol–water partition coefficient (Wildman–Crippen LogP) is 3.18. The molecule has 1 aromatic carbocycles. The van der Waals surface area contributed by atoms with Gasteiger partial charge < -0.3 is 4.74 Å². The number of nitrogens with zero attached hydrogens (tertiary/aromatic N) is 1. The van der Waals surface area contributed by atoms with E-state index >= 15 is 0 Å². The molecule has 0 saturated carbocycles. The average molecular weight is 442 g/mol. The quantitative estimate of drug-likeness (QED) is 0.339. The molecule has 0 spiro atoms. The van der Waals surface area contributed by atoms with E-state index in [9.17, 15) is 9.59 Å². The molecule has 6 heteroatoms. The summed E-state index contributed by atoms with van der Waals surface area (Å²) in [6.07, 6.45) is 0.851. The molecule has 130 valence electrons. The second kappa shape index (κ2) is 8.92. The summed E-state index contributed by atoms with van der Waals surface area (Å²) in [4.78, 5) is 25.0. The van der Waals surface area contributed by atoms with Crippen molar-refractivity contribution in [1.29, 1.82) is 0 Å². The van der Waals surface area contributed by atoms with Crippen LogP contribution >= 0.6 is 22.6 Å². The number of methoxy groups -OCH3 is 1. The molecule has 2 amide bonds. The molecule has 0 radical (unpaired) electrons. The Morgan fingerprint density at radius 3 is 2.50 bits per heavy atom. The number of ether oxygens (including phenoxy) is 1. The van der Waals surface area contributed by atoms with E-state index in [1.165, 1.54) is 12.1 Å². The van der Waals surface area contributed by atoms with Crippen LogP contribution < -0.4 is 10.2 Å². The molecular formula is C18H23IN2O3. The summed E-state index contributed by atoms with van der Waals surface area (Å²) in [7, 11) is 1.50. The molecule has 1 rings (SSSR count). The molecular weight excluding hydrogens is 419 g/mol. The molecule has 1 N–H and O–H groups in total. The monoisotopic (exact) mass is 442 g/mol. The Morgan fingerprint density at radius 2 is 1.96 bits per heavy atom. The predicted molar refractivity (Wildman–Crippen MR) is 103 cm³/mol. The van der Waals surface area contributed by atoms with Gasteiger partial charge in [-0.25, -0.2) is 5.01 Å². The van der Waals surface area contributed by atoms with Gasteiger partial charge in [-0.1, -0.05) is 47.6 Å². The van der Waals surface area contributed by atoms with Gasteiger partial charge in [0.15, 0.2) is 0 Å². The van der Waals surface area contributed by atoms with Crippen LogP contribution in [0.25, 0.3) is 0 Å². The van der Waals surface area contributed by atoms with Crippen molar-refractivity contribution in [1.82, 2.24) is 10.4 Å². The van der Waals surface area contributed by atoms with E-state index in [1.807, 2.05) is 27.7 Å². The largest absolute Gasteiger partial charge is 0.496 e. The highest BCUT2D eigenvalue weighted by Gasteiger charge is 2.28. The molecule has 1 atom stereocenters. The van der Waals surface area contributed by atoms with Crippen LogP contribution in [0, 0.1) is 11.8 Å². The number of alkyl halides is 1. The minimum Gasteiger partial charge on any atom is -0.496 e. The van der Waals surface area contributed by atoms with Gasteiger partial charge in [-0.2, -0.15) is 0 Å². The van der Waals surface area contributed by atoms with Gasteiger partial charge in [0.05, 0.1) is 22.1 Å². The van der Waals surface area contributed by atoms with Gasteiger partial charge in [0.1, 0.15) is 5.75 Å². The topological polar surface area (TPSA) is 58.6 Å². The van der Waals surface area contributed by atoms with E-state index in [0.717, 1.165) is 6.42 Å². The second-order valence-electron chi connectivity index (χ2n) is 6.10. The number of carbonyl (C=O) groups excluding carboxylic acids is 2. The molecule has 1 unspecified atom stereocenters. The summed E-state index contributed by atoms with van der Waals surface area (Å²) in [5.41, 5.74) is 2.39. The molecule has 5 nitrogen and oxygen atoms in total. The summed E-state index contributed by atoms with van der Waals surface area (Å²) >= 11 is 2.18. The van der Waals surface area contributed by atoms with Crippen LogP contribution in [0.5, 0.6) is 5.75 Å². The lowest BCUT2D eigenvalue weighted by molar-refractivity contribution is -0.132. The summed E-state index contributed by atoms with van der Waals surface area (Å²) in [6, 6.07) is 6.85. The van der Waals surface area contributed by atoms with Gasteiger partial charge >= 0.3 is 5.91 Å². The minimum atomic E-state index is -0.615. The number of para-hydroxylation sites is 1. The van der Waals surface area contributed by atoms with Crippen molar-refractivity contribution >= 4 is 34.4 Å². The van der Waals surface area contributed by atoms with E-state index < -0.39 is 17.4 Å². The first-order valence-electron chi connectivity index (χ1n) is 7.64. The summed E-state index contributed by atoms with van der Waals surface area (Å²) in [5.74, 6) is 5.08. The van der Waals surface area contributed by atoms with Crippen molar-refractivity contribution in [3.63, 3.8) is 0 Å². The number of hydrogen-bond acceptors (Lipinski definition) is 3. The summed E-state index contributed by atoms with van der Waals surface area (Å²) in [5, 5.41) is 1.26. The maximum atomic E-state index is 12.5. The molecule has 0 aliphatic rings. The van der Waals surface area contributed by atoms with Gasteiger partial charge in [0.2, 0.25) is 0 Å². The first-order chi connectivity index (χ1) is 11.2. The number of carbonyl (C=O) groups is 2. The summed E-state index contributed by atoms with van der Waals surface area (Å²) in [6.45, 7) is 7.49. The molecule has 0 aromatic heterocycles. The smallest absolute Gasteiger partial charge is 0.317 e. The first-order valence-corrected chi connectivity index (χ1v) is 8.89. The lowest BCUT2D eigenvalue weighted by Crippen LogP contribution is -2.55. The fourth-order valence-electron chi connectivity index (χ4n) is 1.82. The van der Waals surface area contributed by atoms with Crippen LogP contribution in [-0.2, 0) is 4.79 Å². The van der Waals surface area contributed by atoms with Gasteiger partial charge in [-0.05, 0) is 45.2 Å². The van der Waals surface area contributed by atoms with Crippen LogP contribution in [0.2, 0.25) is 0 Å². The zero-order valence-corrected chi connectivity index (χ0v) is 16.8. The van der Waals surface area contributed by atoms with Gasteiger partial charge in [-0.3, -0.25) is 15.0 Å². The molecule has 0 fully saturated rings. The van der Waals surface area contributed by atoms with E-state index in [0.29, 0.717) is 11.3 Å². The number of hydrogen-bond donors (Lipinski definition) is 1. The van der Waals surface area contributed by atoms with Gasteiger partial charge in [0.25, 0.3) is 5.91 Å². The standard InChI is InChI=1S/C18H23IN2O3/c1-6-13(19)11-12-16(22)21(18(2,3)4)20-17(23)14-9-7-8-10-15(14)24-5/h7-10,13H,6H2,1-5H3,(H,20,23). The number of halogens is 1. The van der Waals surface area contributed by atoms with Gasteiger partial charge in [-0.15, -0.1) is 0 Å². The van der Waals surface area contributed by atoms with Crippen LogP contribution in [0.1, 0.15) is 44.5 Å². The highest BCUT2D eigenvalue weighted by atomic mass is 127. The number of amides is 2. The first kappa shape index (κ1) is 20.3. The highest BCUT2D eigenvalue weighted by molar-refractivity contribution is 14.1. The Kier molecular flexibility index (Phi) is 7.55. The van der Waals surface area contributed by atoms with Crippen molar-refractivity contribution in [3.05, 3.63) is 29.8 Å². The normalized spacial score (nSPS) is 11.8. The Bertz CT molecular complexity index is 656. The van der Waals surface area contributed by atoms with Crippen LogP contribution in [0.4, 0.5) is 0 Å². The number of rotatable bonds is 3. The maximum absolute atomic E-state index is 12.5. The minimum absolute atomic E-state index is 0.0956. The van der Waals surface area contributed by atoms with Gasteiger partial charge in [0, 0.05) is 0 Å². The number of nitrogens with one attached hydrogen (secondary N) is 1. The average Bonchev–Trinajstić information content (AvgIpc) is 2.55. The fourth-order valence-corrected chi connectivity index (χ4v) is 1.97. The Morgan fingerprint density at radius 1 is 1.33 bits per heavy atom. The SMILES string of the molecule is CCC(I)C#CC(=O)N(NC(=O)c1ccccc1OC)C(C)(C)C. The Balaban J connectivity index is 3.04. The Labute approximate surface area is 157 Å². The molecule has 1 aromatic rings. The molecule has 0 heterocycles. The lowest BCUT2D eigenvalue weighted by atomic mass is 10.1. The third-order valence-corrected chi connectivity index (χ3v) is 4.33. The lowest BCUT2D eigenvalue weighted by Gasteiger charge is -2.34. The van der Waals surface area contributed by atoms with Crippen molar-refractivity contribution in [3.8, 4) is 17.6 Å². The van der Waals surface area contributed by atoms with Crippen LogP contribution in [0.3, 0.4) is 0 Å². The van der Waals surface area contributed by atoms with E-state index in [1.54, 1.807) is 24.3 Å². The van der Waals surface area contributed by atoms with E-state index in [4.69, 9.17) is 4.74 Å². The van der Waals surface area contributed by atoms with E-state index in [-0.39, 0.29) is 3.92 Å². The molecule has 0 saturated heterocycles. The number of benzene rings is 1. The Hall–Kier alpha value is -1.75. The third-order valence-electron chi connectivity index (χ3n) is 3.13. The van der Waals surface area contributed by atoms with Crippen molar-refractivity contribution in [2.75, 3.05) is 7.11 Å². The fraction of sp³-hybridized carbons (Fsp3) is 0.444. The van der Waals surface area contributed by atoms with Crippen molar-refractivity contribution in [2.45, 2.75) is 43.6 Å². The zero-order chi connectivity index (χ0) is 18.3. The molecule has 24 heavy (non-hydrogen) atoms. The molecule has 0 bridgehead atoms. The van der Waals surface area contributed by atoms with Crippen LogP contribution in [-0.4, -0.2) is 33.4 Å².